The second-order valence-electron chi connectivity index (χ2n) is 3.97. The summed E-state index contributed by atoms with van der Waals surface area (Å²) in [6.07, 6.45) is 6.60. The van der Waals surface area contributed by atoms with E-state index in [2.05, 4.69) is 11.9 Å². The van der Waals surface area contributed by atoms with Crippen molar-refractivity contribution in [3.05, 3.63) is 0 Å². The number of alkyl halides is 1. The molecule has 2 aliphatic rings. The molecule has 0 N–H and O–H groups in total. The Hall–Kier alpha value is 0.250. The van der Waals surface area contributed by atoms with Crippen molar-refractivity contribution in [3.63, 3.8) is 0 Å². The van der Waals surface area contributed by atoms with Crippen LogP contribution < -0.4 is 0 Å². The van der Waals surface area contributed by atoms with E-state index in [0.717, 1.165) is 12.1 Å². The van der Waals surface area contributed by atoms with Crippen LogP contribution in [0.3, 0.4) is 0 Å². The Labute approximate surface area is 73.7 Å². The Kier molecular flexibility index (Phi) is 2.11. The first-order chi connectivity index (χ1) is 5.27. The quantitative estimate of drug-likeness (QED) is 0.508. The standard InChI is InChI=1S/C9H16ClN/c1-11-8-3-2-4-9(11)6-7(10)5-8/h7-9H,2-6H2,1H3/t7?,8-,9+. The highest BCUT2D eigenvalue weighted by molar-refractivity contribution is 6.20. The second kappa shape index (κ2) is 2.95. The van der Waals surface area contributed by atoms with Gasteiger partial charge in [0, 0.05) is 17.5 Å². The summed E-state index contributed by atoms with van der Waals surface area (Å²) < 4.78 is 0. The fraction of sp³-hybridized carbons (Fsp3) is 1.00. The molecule has 0 aromatic heterocycles. The molecule has 0 saturated carbocycles. The molecule has 2 saturated heterocycles. The molecule has 0 amide bonds. The molecule has 1 nitrogen and oxygen atoms in total. The normalized spacial score (nSPS) is 45.8. The molecule has 64 valence electrons. The summed E-state index contributed by atoms with van der Waals surface area (Å²) in [5.41, 5.74) is 0. The summed E-state index contributed by atoms with van der Waals surface area (Å²) in [6.45, 7) is 0. The molecule has 2 rings (SSSR count). The van der Waals surface area contributed by atoms with E-state index in [-0.39, 0.29) is 0 Å². The third kappa shape index (κ3) is 1.41. The van der Waals surface area contributed by atoms with Crippen LogP contribution in [0.1, 0.15) is 32.1 Å². The van der Waals surface area contributed by atoms with Gasteiger partial charge in [0.2, 0.25) is 0 Å². The van der Waals surface area contributed by atoms with Crippen LogP contribution in [0.15, 0.2) is 0 Å². The largest absolute Gasteiger partial charge is 0.300 e. The van der Waals surface area contributed by atoms with Crippen LogP contribution in [0.25, 0.3) is 0 Å². The van der Waals surface area contributed by atoms with Gasteiger partial charge in [0.15, 0.2) is 0 Å². The maximum absolute atomic E-state index is 6.16. The van der Waals surface area contributed by atoms with E-state index in [0.29, 0.717) is 5.38 Å². The lowest BCUT2D eigenvalue weighted by Crippen LogP contribution is -2.50. The van der Waals surface area contributed by atoms with E-state index in [9.17, 15) is 0 Å². The smallest absolute Gasteiger partial charge is 0.0365 e. The highest BCUT2D eigenvalue weighted by Crippen LogP contribution is 2.34. The highest BCUT2D eigenvalue weighted by Gasteiger charge is 2.34. The predicted octanol–water partition coefficient (Wildman–Crippen LogP) is 2.24. The van der Waals surface area contributed by atoms with Crippen LogP contribution in [-0.2, 0) is 0 Å². The van der Waals surface area contributed by atoms with Crippen molar-refractivity contribution in [1.29, 1.82) is 0 Å². The Bertz CT molecular complexity index is 134. The van der Waals surface area contributed by atoms with Crippen molar-refractivity contribution in [1.82, 2.24) is 4.90 Å². The van der Waals surface area contributed by atoms with Crippen LogP contribution in [0.2, 0.25) is 0 Å². The van der Waals surface area contributed by atoms with Crippen LogP contribution in [-0.4, -0.2) is 29.4 Å². The molecule has 0 aliphatic carbocycles. The van der Waals surface area contributed by atoms with Gasteiger partial charge in [-0.3, -0.25) is 0 Å². The number of piperidine rings is 2. The van der Waals surface area contributed by atoms with Crippen molar-refractivity contribution in [2.45, 2.75) is 49.6 Å². The second-order valence-corrected chi connectivity index (χ2v) is 4.59. The molecule has 0 aromatic rings. The van der Waals surface area contributed by atoms with Crippen LogP contribution in [0.4, 0.5) is 0 Å². The topological polar surface area (TPSA) is 3.24 Å². The summed E-state index contributed by atoms with van der Waals surface area (Å²) in [6, 6.07) is 1.59. The number of halogens is 1. The fourth-order valence-corrected chi connectivity index (χ4v) is 2.96. The molecule has 2 aliphatic heterocycles. The molecule has 2 heteroatoms. The maximum atomic E-state index is 6.16. The van der Waals surface area contributed by atoms with E-state index in [1.807, 2.05) is 0 Å². The first kappa shape index (κ1) is 7.88. The average molecular weight is 174 g/mol. The van der Waals surface area contributed by atoms with Crippen molar-refractivity contribution in [3.8, 4) is 0 Å². The molecule has 11 heavy (non-hydrogen) atoms. The van der Waals surface area contributed by atoms with E-state index in [4.69, 9.17) is 11.6 Å². The predicted molar refractivity (Wildman–Crippen MR) is 48.1 cm³/mol. The zero-order valence-corrected chi connectivity index (χ0v) is 7.85. The Balaban J connectivity index is 2.07. The lowest BCUT2D eigenvalue weighted by Gasteiger charge is -2.45. The highest BCUT2D eigenvalue weighted by atomic mass is 35.5. The van der Waals surface area contributed by atoms with Gasteiger partial charge in [-0.2, -0.15) is 0 Å². The van der Waals surface area contributed by atoms with Crippen molar-refractivity contribution in [2.24, 2.45) is 0 Å². The van der Waals surface area contributed by atoms with Gasteiger partial charge in [0.05, 0.1) is 0 Å². The van der Waals surface area contributed by atoms with Crippen LogP contribution in [0.5, 0.6) is 0 Å². The van der Waals surface area contributed by atoms with Gasteiger partial charge in [-0.1, -0.05) is 6.42 Å². The van der Waals surface area contributed by atoms with E-state index < -0.39 is 0 Å². The molecule has 2 bridgehead atoms. The SMILES string of the molecule is CN1[C@@H]2CCC[C@H]1CC(Cl)C2. The summed E-state index contributed by atoms with van der Waals surface area (Å²) in [7, 11) is 2.26. The van der Waals surface area contributed by atoms with Gasteiger partial charge in [-0.25, -0.2) is 0 Å². The third-order valence-electron chi connectivity index (χ3n) is 3.28. The molecule has 2 fully saturated rings. The average Bonchev–Trinajstić information content (AvgIpc) is 1.92. The fourth-order valence-electron chi connectivity index (χ4n) is 2.55. The van der Waals surface area contributed by atoms with Gasteiger partial charge < -0.3 is 4.90 Å². The summed E-state index contributed by atoms with van der Waals surface area (Å²) in [5, 5.41) is 0.460. The van der Waals surface area contributed by atoms with E-state index >= 15 is 0 Å². The lowest BCUT2D eigenvalue weighted by molar-refractivity contribution is 0.0695. The lowest BCUT2D eigenvalue weighted by atomic mass is 9.85. The third-order valence-corrected chi connectivity index (χ3v) is 3.64. The molecule has 3 atom stereocenters. The summed E-state index contributed by atoms with van der Waals surface area (Å²) in [5.74, 6) is 0. The molecule has 2 heterocycles. The zero-order valence-electron chi connectivity index (χ0n) is 7.09. The number of nitrogens with zero attached hydrogens (tertiary/aromatic N) is 1. The number of hydrogen-bond donors (Lipinski definition) is 0. The Morgan fingerprint density at radius 3 is 2.27 bits per heavy atom. The van der Waals surface area contributed by atoms with Crippen LogP contribution in [0, 0.1) is 0 Å². The number of fused-ring (bicyclic) bond motifs is 2. The van der Waals surface area contributed by atoms with E-state index in [1.165, 1.54) is 32.1 Å². The van der Waals surface area contributed by atoms with Crippen LogP contribution >= 0.6 is 11.6 Å². The summed E-state index contributed by atoms with van der Waals surface area (Å²) in [4.78, 5) is 2.54. The molecule has 1 unspecified atom stereocenters. The first-order valence-electron chi connectivity index (χ1n) is 4.63. The minimum Gasteiger partial charge on any atom is -0.300 e. The van der Waals surface area contributed by atoms with Crippen molar-refractivity contribution >= 4 is 11.6 Å². The maximum Gasteiger partial charge on any atom is 0.0365 e. The Morgan fingerprint density at radius 2 is 1.73 bits per heavy atom. The molecular weight excluding hydrogens is 158 g/mol. The van der Waals surface area contributed by atoms with Gasteiger partial charge in [0.25, 0.3) is 0 Å². The van der Waals surface area contributed by atoms with Gasteiger partial charge in [-0.05, 0) is 32.7 Å². The van der Waals surface area contributed by atoms with Crippen molar-refractivity contribution in [2.75, 3.05) is 7.05 Å². The minimum atomic E-state index is 0.460. The molecule has 0 radical (unpaired) electrons. The zero-order chi connectivity index (χ0) is 7.84. The molecule has 0 aromatic carbocycles. The number of rotatable bonds is 0. The molecular formula is C9H16ClN. The van der Waals surface area contributed by atoms with Crippen molar-refractivity contribution < 1.29 is 0 Å². The summed E-state index contributed by atoms with van der Waals surface area (Å²) >= 11 is 6.16. The van der Waals surface area contributed by atoms with Gasteiger partial charge in [-0.15, -0.1) is 11.6 Å². The first-order valence-corrected chi connectivity index (χ1v) is 5.07. The number of hydrogen-bond acceptors (Lipinski definition) is 1. The minimum absolute atomic E-state index is 0.460. The van der Waals surface area contributed by atoms with Gasteiger partial charge in [0.1, 0.15) is 0 Å². The Morgan fingerprint density at radius 1 is 1.18 bits per heavy atom. The van der Waals surface area contributed by atoms with Gasteiger partial charge >= 0.3 is 0 Å². The monoisotopic (exact) mass is 173 g/mol. The van der Waals surface area contributed by atoms with E-state index in [1.54, 1.807) is 0 Å². The molecule has 0 spiro atoms.